The number of carbonyl (C=O) groups excluding carboxylic acids is 1. The molecule has 0 atom stereocenters. The van der Waals surface area contributed by atoms with Crippen LogP contribution in [0.15, 0.2) is 54.9 Å². The monoisotopic (exact) mass is 424 g/mol. The Kier molecular flexibility index (Phi) is 6.64. The molecule has 7 heteroatoms. The summed E-state index contributed by atoms with van der Waals surface area (Å²) in [5, 5.41) is 4.74. The Balaban J connectivity index is 1.17. The Labute approximate surface area is 181 Å². The van der Waals surface area contributed by atoms with Gasteiger partial charge in [-0.1, -0.05) is 29.8 Å². The van der Waals surface area contributed by atoms with Crippen LogP contribution < -0.4 is 15.0 Å². The molecular weight excluding hydrogens is 400 g/mol. The number of ether oxygens (including phenoxy) is 1. The highest BCUT2D eigenvalue weighted by Gasteiger charge is 2.25. The van der Waals surface area contributed by atoms with Crippen molar-refractivity contribution in [3.8, 4) is 5.75 Å². The highest BCUT2D eigenvalue weighted by Crippen LogP contribution is 2.24. The van der Waals surface area contributed by atoms with E-state index in [9.17, 15) is 4.79 Å². The Bertz CT molecular complexity index is 983. The lowest BCUT2D eigenvalue weighted by Crippen LogP contribution is -2.41. The summed E-state index contributed by atoms with van der Waals surface area (Å²) in [6, 6.07) is 13.6. The number of fused-ring (bicyclic) bond motifs is 1. The van der Waals surface area contributed by atoms with E-state index in [1.54, 1.807) is 12.4 Å². The molecule has 1 saturated heterocycles. The second kappa shape index (κ2) is 9.76. The van der Waals surface area contributed by atoms with Crippen LogP contribution in [0.25, 0.3) is 10.9 Å². The summed E-state index contributed by atoms with van der Waals surface area (Å²) in [6.45, 7) is 2.79. The molecule has 0 aliphatic carbocycles. The number of para-hydroxylation sites is 1. The van der Waals surface area contributed by atoms with Crippen molar-refractivity contribution in [1.29, 1.82) is 0 Å². The molecule has 3 aromatic rings. The fourth-order valence-corrected chi connectivity index (χ4v) is 3.84. The number of benzene rings is 1. The van der Waals surface area contributed by atoms with Gasteiger partial charge in [-0.25, -0.2) is 4.98 Å². The lowest BCUT2D eigenvalue weighted by Gasteiger charge is -2.32. The lowest BCUT2D eigenvalue weighted by atomic mass is 9.96. The van der Waals surface area contributed by atoms with E-state index in [1.807, 2.05) is 42.5 Å². The number of nitrogens with one attached hydrogen (secondary N) is 1. The zero-order valence-electron chi connectivity index (χ0n) is 16.8. The third-order valence-corrected chi connectivity index (χ3v) is 5.60. The minimum absolute atomic E-state index is 0.0525. The first-order valence-corrected chi connectivity index (χ1v) is 10.7. The molecule has 1 amide bonds. The molecule has 6 nitrogen and oxygen atoms in total. The number of nitrogens with zero attached hydrogens (tertiary/aromatic N) is 3. The van der Waals surface area contributed by atoms with Gasteiger partial charge in [0.05, 0.1) is 11.6 Å². The first-order valence-electron chi connectivity index (χ1n) is 10.3. The molecule has 1 aliphatic heterocycles. The maximum atomic E-state index is 12.5. The number of hydrogen-bond acceptors (Lipinski definition) is 5. The number of rotatable bonds is 7. The molecule has 0 radical (unpaired) electrons. The molecule has 4 rings (SSSR count). The third kappa shape index (κ3) is 5.00. The number of aromatic nitrogens is 2. The van der Waals surface area contributed by atoms with Crippen molar-refractivity contribution in [1.82, 2.24) is 15.3 Å². The normalized spacial score (nSPS) is 14.6. The maximum absolute atomic E-state index is 12.5. The lowest BCUT2D eigenvalue weighted by molar-refractivity contribution is -0.125. The van der Waals surface area contributed by atoms with Gasteiger partial charge in [-0.2, -0.15) is 0 Å². The van der Waals surface area contributed by atoms with E-state index in [0.29, 0.717) is 18.2 Å². The molecule has 3 heterocycles. The van der Waals surface area contributed by atoms with Gasteiger partial charge in [0, 0.05) is 43.3 Å². The summed E-state index contributed by atoms with van der Waals surface area (Å²) < 4.78 is 5.88. The van der Waals surface area contributed by atoms with E-state index >= 15 is 0 Å². The maximum Gasteiger partial charge on any atom is 0.223 e. The zero-order chi connectivity index (χ0) is 20.8. The highest BCUT2D eigenvalue weighted by molar-refractivity contribution is 6.30. The van der Waals surface area contributed by atoms with Crippen molar-refractivity contribution in [3.63, 3.8) is 0 Å². The van der Waals surface area contributed by atoms with Crippen molar-refractivity contribution in [3.05, 3.63) is 59.9 Å². The van der Waals surface area contributed by atoms with Gasteiger partial charge in [0.2, 0.25) is 5.91 Å². The topological polar surface area (TPSA) is 67.3 Å². The second-order valence-corrected chi connectivity index (χ2v) is 7.86. The molecule has 0 unspecified atom stereocenters. The number of carbonyl (C=O) groups is 1. The largest absolute Gasteiger partial charge is 0.491 e. The van der Waals surface area contributed by atoms with Gasteiger partial charge < -0.3 is 15.0 Å². The number of pyridine rings is 2. The van der Waals surface area contributed by atoms with Crippen LogP contribution in [0.4, 0.5) is 5.82 Å². The van der Waals surface area contributed by atoms with E-state index in [4.69, 9.17) is 16.3 Å². The van der Waals surface area contributed by atoms with Gasteiger partial charge >= 0.3 is 0 Å². The summed E-state index contributed by atoms with van der Waals surface area (Å²) in [4.78, 5) is 23.4. The average Bonchev–Trinajstić information content (AvgIpc) is 2.79. The molecule has 1 fully saturated rings. The molecule has 0 bridgehead atoms. The quantitative estimate of drug-likeness (QED) is 0.579. The first-order chi connectivity index (χ1) is 14.7. The Morgan fingerprint density at radius 1 is 1.13 bits per heavy atom. The molecule has 0 spiro atoms. The van der Waals surface area contributed by atoms with E-state index in [2.05, 4.69) is 20.2 Å². The van der Waals surface area contributed by atoms with Gasteiger partial charge in [-0.15, -0.1) is 0 Å². The summed E-state index contributed by atoms with van der Waals surface area (Å²) in [6.07, 6.45) is 5.83. The minimum atomic E-state index is 0.0525. The number of hydrogen-bond donors (Lipinski definition) is 1. The molecule has 156 valence electrons. The van der Waals surface area contributed by atoms with Crippen LogP contribution in [0.3, 0.4) is 0 Å². The average molecular weight is 425 g/mol. The Morgan fingerprint density at radius 2 is 1.97 bits per heavy atom. The highest BCUT2D eigenvalue weighted by atomic mass is 35.5. The van der Waals surface area contributed by atoms with E-state index in [0.717, 1.165) is 54.8 Å². The first kappa shape index (κ1) is 20.4. The van der Waals surface area contributed by atoms with Crippen LogP contribution in [0.5, 0.6) is 5.75 Å². The SMILES string of the molecule is O=C(NCCCOc1cccc2cccnc12)C1CCN(c2ccc(Cl)cn2)CC1. The number of anilines is 1. The Morgan fingerprint density at radius 3 is 2.77 bits per heavy atom. The number of halogens is 1. The molecule has 2 aromatic heterocycles. The number of amides is 1. The minimum Gasteiger partial charge on any atom is -0.491 e. The summed E-state index contributed by atoms with van der Waals surface area (Å²) in [5.74, 6) is 1.88. The van der Waals surface area contributed by atoms with Crippen molar-refractivity contribution < 1.29 is 9.53 Å². The molecule has 0 saturated carbocycles. The van der Waals surface area contributed by atoms with Crippen LogP contribution in [-0.4, -0.2) is 42.1 Å². The fraction of sp³-hybridized carbons (Fsp3) is 0.348. The van der Waals surface area contributed by atoms with Crippen molar-refractivity contribution in [2.45, 2.75) is 19.3 Å². The molecule has 1 N–H and O–H groups in total. The van der Waals surface area contributed by atoms with E-state index in [-0.39, 0.29) is 11.8 Å². The van der Waals surface area contributed by atoms with Crippen molar-refractivity contribution in [2.24, 2.45) is 5.92 Å². The van der Waals surface area contributed by atoms with Crippen LogP contribution in [0.2, 0.25) is 5.02 Å². The summed E-state index contributed by atoms with van der Waals surface area (Å²) in [7, 11) is 0. The second-order valence-electron chi connectivity index (χ2n) is 7.42. The smallest absolute Gasteiger partial charge is 0.223 e. The predicted octanol–water partition coefficient (Wildman–Crippen LogP) is 4.08. The van der Waals surface area contributed by atoms with Gasteiger partial charge in [-0.05, 0) is 43.5 Å². The van der Waals surface area contributed by atoms with Crippen LogP contribution >= 0.6 is 11.6 Å². The van der Waals surface area contributed by atoms with E-state index < -0.39 is 0 Å². The summed E-state index contributed by atoms with van der Waals surface area (Å²) in [5.41, 5.74) is 0.867. The molecule has 30 heavy (non-hydrogen) atoms. The summed E-state index contributed by atoms with van der Waals surface area (Å²) >= 11 is 5.90. The van der Waals surface area contributed by atoms with Gasteiger partial charge in [0.1, 0.15) is 17.1 Å². The van der Waals surface area contributed by atoms with Gasteiger partial charge in [0.25, 0.3) is 0 Å². The molecule has 1 aliphatic rings. The standard InChI is InChI=1S/C23H25ClN4O2/c24-19-7-8-21(27-16-19)28-13-9-18(10-14-28)23(29)26-12-3-15-30-20-6-1-4-17-5-2-11-25-22(17)20/h1-2,4-8,11,16,18H,3,9-10,12-15H2,(H,26,29). The third-order valence-electron chi connectivity index (χ3n) is 5.38. The van der Waals surface area contributed by atoms with E-state index in [1.165, 1.54) is 0 Å². The Hall–Kier alpha value is -2.86. The van der Waals surface area contributed by atoms with Gasteiger partial charge in [-0.3, -0.25) is 9.78 Å². The number of piperidine rings is 1. The van der Waals surface area contributed by atoms with Crippen LogP contribution in [0.1, 0.15) is 19.3 Å². The fourth-order valence-electron chi connectivity index (χ4n) is 3.73. The zero-order valence-corrected chi connectivity index (χ0v) is 17.5. The van der Waals surface area contributed by atoms with Gasteiger partial charge in [0.15, 0.2) is 0 Å². The molecule has 1 aromatic carbocycles. The van der Waals surface area contributed by atoms with Crippen LogP contribution in [0, 0.1) is 5.92 Å². The molecular formula is C23H25ClN4O2. The van der Waals surface area contributed by atoms with Crippen molar-refractivity contribution >= 4 is 34.2 Å². The predicted molar refractivity (Wildman–Crippen MR) is 119 cm³/mol. The van der Waals surface area contributed by atoms with Crippen molar-refractivity contribution in [2.75, 3.05) is 31.1 Å². The van der Waals surface area contributed by atoms with Crippen LogP contribution in [-0.2, 0) is 4.79 Å².